The fourth-order valence-corrected chi connectivity index (χ4v) is 3.06. The average molecular weight is 504 g/mol. The van der Waals surface area contributed by atoms with Gasteiger partial charge in [-0.2, -0.15) is 0 Å². The molecule has 192 valence electrons. The summed E-state index contributed by atoms with van der Waals surface area (Å²) in [5.41, 5.74) is 2.34. The molecule has 0 saturated heterocycles. The summed E-state index contributed by atoms with van der Waals surface area (Å²) >= 11 is 1.33. The van der Waals surface area contributed by atoms with Crippen molar-refractivity contribution in [2.24, 2.45) is 0 Å². The van der Waals surface area contributed by atoms with E-state index in [2.05, 4.69) is 0 Å². The topological polar surface area (TPSA) is 66.5 Å². The molecule has 7 nitrogen and oxygen atoms in total. The monoisotopic (exact) mass is 503 g/mol. The molecule has 0 aliphatic rings. The van der Waals surface area contributed by atoms with Crippen molar-refractivity contribution in [2.45, 2.75) is 26.4 Å². The summed E-state index contributed by atoms with van der Waals surface area (Å²) in [6.45, 7) is 8.76. The van der Waals surface area contributed by atoms with Crippen LogP contribution in [-0.2, 0) is 18.4 Å². The predicted octanol–water partition coefficient (Wildman–Crippen LogP) is 5.93. The van der Waals surface area contributed by atoms with Crippen molar-refractivity contribution in [1.29, 1.82) is 0 Å². The van der Waals surface area contributed by atoms with Crippen molar-refractivity contribution in [3.05, 3.63) is 59.7 Å². The highest BCUT2D eigenvalue weighted by Gasteiger charge is 2.20. The molecular formula is C27H37NO6S. The molecule has 0 atom stereocenters. The maximum absolute atomic E-state index is 12.2. The van der Waals surface area contributed by atoms with E-state index in [4.69, 9.17) is 23.1 Å². The highest BCUT2D eigenvalue weighted by Crippen LogP contribution is 2.19. The summed E-state index contributed by atoms with van der Waals surface area (Å²) in [5, 5.41) is 0. The second kappa shape index (κ2) is 15.5. The smallest absolute Gasteiger partial charge is 0.414 e. The van der Waals surface area contributed by atoms with E-state index in [1.165, 1.54) is 16.9 Å². The third kappa shape index (κ3) is 12.1. The number of carbonyl (C=O) groups excluding carboxylic acids is 1. The highest BCUT2D eigenvalue weighted by molar-refractivity contribution is 7.93. The van der Waals surface area contributed by atoms with E-state index in [9.17, 15) is 4.79 Å². The zero-order valence-electron chi connectivity index (χ0n) is 21.3. The molecule has 2 aromatic carbocycles. The lowest BCUT2D eigenvalue weighted by Crippen LogP contribution is -2.34. The van der Waals surface area contributed by atoms with Crippen LogP contribution in [0.1, 0.15) is 31.9 Å². The van der Waals surface area contributed by atoms with Crippen LogP contribution in [0.2, 0.25) is 0 Å². The number of anilines is 1. The molecule has 0 heterocycles. The number of hydrogen-bond donors (Lipinski definition) is 0. The number of hydrogen-bond acceptors (Lipinski definition) is 7. The van der Waals surface area contributed by atoms with E-state index in [0.717, 1.165) is 22.6 Å². The zero-order valence-corrected chi connectivity index (χ0v) is 22.1. The van der Waals surface area contributed by atoms with Crippen molar-refractivity contribution in [3.63, 3.8) is 0 Å². The molecule has 0 aromatic heterocycles. The third-order valence-corrected chi connectivity index (χ3v) is 5.00. The van der Waals surface area contributed by atoms with Gasteiger partial charge in [0.25, 0.3) is 0 Å². The first-order valence-electron chi connectivity index (χ1n) is 11.6. The average Bonchev–Trinajstić information content (AvgIpc) is 2.83. The molecule has 0 unspecified atom stereocenters. The lowest BCUT2D eigenvalue weighted by Gasteiger charge is -2.24. The lowest BCUT2D eigenvalue weighted by molar-refractivity contribution is 0.0292. The van der Waals surface area contributed by atoms with Gasteiger partial charge in [-0.15, -0.1) is 0 Å². The Bertz CT molecular complexity index is 893. The maximum atomic E-state index is 12.2. The van der Waals surface area contributed by atoms with Crippen LogP contribution in [0.4, 0.5) is 10.5 Å². The van der Waals surface area contributed by atoms with Gasteiger partial charge in [0.15, 0.2) is 0 Å². The molecular weight excluding hydrogens is 466 g/mol. The molecule has 35 heavy (non-hydrogen) atoms. The van der Waals surface area contributed by atoms with E-state index in [1.807, 2.05) is 87.7 Å². The van der Waals surface area contributed by atoms with Gasteiger partial charge in [-0.3, -0.25) is 4.90 Å². The third-order valence-electron chi connectivity index (χ3n) is 4.59. The fraction of sp³-hybridized carbons (Fsp3) is 0.444. The second-order valence-electron chi connectivity index (χ2n) is 8.60. The Morgan fingerprint density at radius 1 is 0.829 bits per heavy atom. The number of ether oxygens (including phenoxy) is 4. The molecule has 0 radical (unpaired) electrons. The number of rotatable bonds is 14. The Hall–Kier alpha value is -2.52. The van der Waals surface area contributed by atoms with Crippen LogP contribution in [0.3, 0.4) is 0 Å². The number of benzene rings is 2. The maximum Gasteiger partial charge on any atom is 0.414 e. The molecule has 0 N–H and O–H groups in total. The van der Waals surface area contributed by atoms with Gasteiger partial charge in [0, 0.05) is 19.0 Å². The van der Waals surface area contributed by atoms with Gasteiger partial charge >= 0.3 is 6.09 Å². The Balaban J connectivity index is 1.70. The van der Waals surface area contributed by atoms with Crippen LogP contribution in [0.25, 0.3) is 12.2 Å². The van der Waals surface area contributed by atoms with Gasteiger partial charge in [0.2, 0.25) is 0 Å². The van der Waals surface area contributed by atoms with Crippen LogP contribution in [0.5, 0.6) is 5.75 Å². The van der Waals surface area contributed by atoms with Gasteiger partial charge in [-0.1, -0.05) is 36.4 Å². The molecule has 8 heteroatoms. The molecule has 0 aliphatic heterocycles. The van der Waals surface area contributed by atoms with Crippen LogP contribution in [-0.4, -0.2) is 64.6 Å². The number of nitrogens with zero attached hydrogens (tertiary/aromatic N) is 1. The molecule has 0 fully saturated rings. The van der Waals surface area contributed by atoms with Crippen molar-refractivity contribution >= 4 is 36.0 Å². The van der Waals surface area contributed by atoms with E-state index < -0.39 is 5.60 Å². The van der Waals surface area contributed by atoms with Crippen molar-refractivity contribution in [2.75, 3.05) is 57.8 Å². The lowest BCUT2D eigenvalue weighted by atomic mass is 10.1. The SMILES string of the molecule is CSOCCOCCOCCOc1ccc(/C=C/c2ccc(N(C)C(=O)OC(C)(C)C)cc2)cc1. The van der Waals surface area contributed by atoms with Crippen LogP contribution in [0, 0.1) is 0 Å². The Morgan fingerprint density at radius 2 is 1.34 bits per heavy atom. The normalized spacial score (nSPS) is 11.6. The zero-order chi connectivity index (χ0) is 25.5. The summed E-state index contributed by atoms with van der Waals surface area (Å²) in [6, 6.07) is 15.6. The number of amides is 1. The van der Waals surface area contributed by atoms with Gasteiger partial charge in [0.05, 0.1) is 33.0 Å². The minimum absolute atomic E-state index is 0.378. The second-order valence-corrected chi connectivity index (χ2v) is 9.16. The van der Waals surface area contributed by atoms with Crippen LogP contribution < -0.4 is 9.64 Å². The Kier molecular flexibility index (Phi) is 12.7. The molecule has 0 aliphatic carbocycles. The van der Waals surface area contributed by atoms with E-state index in [0.29, 0.717) is 39.6 Å². The standard InChI is InChI=1S/C27H37NO6S/c1-27(2,3)34-26(29)28(4)24-12-8-22(9-13-24)6-7-23-10-14-25(15-11-23)32-20-18-30-16-17-31-19-21-33-35-5/h6-15H,16-21H2,1-5H3/b7-6+. The summed E-state index contributed by atoms with van der Waals surface area (Å²) in [5.74, 6) is 0.797. The highest BCUT2D eigenvalue weighted by atomic mass is 32.2. The molecule has 0 spiro atoms. The first-order valence-corrected chi connectivity index (χ1v) is 12.7. The number of carbonyl (C=O) groups is 1. The minimum atomic E-state index is -0.527. The van der Waals surface area contributed by atoms with E-state index >= 15 is 0 Å². The fourth-order valence-electron chi connectivity index (χ4n) is 2.83. The molecule has 1 amide bonds. The molecule has 0 saturated carbocycles. The van der Waals surface area contributed by atoms with Gasteiger partial charge in [0.1, 0.15) is 18.0 Å². The summed E-state index contributed by atoms with van der Waals surface area (Å²) < 4.78 is 27.1. The Morgan fingerprint density at radius 3 is 1.89 bits per heavy atom. The first-order chi connectivity index (χ1) is 16.8. The first kappa shape index (κ1) is 28.7. The van der Waals surface area contributed by atoms with Gasteiger partial charge in [-0.25, -0.2) is 4.79 Å². The van der Waals surface area contributed by atoms with Crippen LogP contribution >= 0.6 is 12.0 Å². The summed E-state index contributed by atoms with van der Waals surface area (Å²) in [6.07, 6.45) is 5.56. The summed E-state index contributed by atoms with van der Waals surface area (Å²) in [7, 11) is 1.70. The summed E-state index contributed by atoms with van der Waals surface area (Å²) in [4.78, 5) is 13.7. The quantitative estimate of drug-likeness (QED) is 0.180. The molecule has 2 aromatic rings. The van der Waals surface area contributed by atoms with E-state index in [-0.39, 0.29) is 6.09 Å². The van der Waals surface area contributed by atoms with Crippen molar-refractivity contribution in [1.82, 2.24) is 0 Å². The molecule has 0 bridgehead atoms. The van der Waals surface area contributed by atoms with Gasteiger partial charge in [-0.05, 0) is 68.2 Å². The predicted molar refractivity (Wildman–Crippen MR) is 143 cm³/mol. The van der Waals surface area contributed by atoms with Crippen molar-refractivity contribution in [3.8, 4) is 5.75 Å². The van der Waals surface area contributed by atoms with Crippen LogP contribution in [0.15, 0.2) is 48.5 Å². The van der Waals surface area contributed by atoms with Gasteiger partial charge < -0.3 is 23.1 Å². The van der Waals surface area contributed by atoms with Crippen molar-refractivity contribution < 1.29 is 27.9 Å². The molecule has 2 rings (SSSR count). The largest absolute Gasteiger partial charge is 0.491 e. The van der Waals surface area contributed by atoms with E-state index in [1.54, 1.807) is 7.05 Å². The Labute approximate surface area is 213 Å². The minimum Gasteiger partial charge on any atom is -0.491 e.